The Morgan fingerprint density at radius 3 is 2.37 bits per heavy atom. The van der Waals surface area contributed by atoms with Gasteiger partial charge in [0.1, 0.15) is 0 Å². The van der Waals surface area contributed by atoms with E-state index in [1.807, 2.05) is 44.2 Å². The zero-order valence-corrected chi connectivity index (χ0v) is 12.3. The highest BCUT2D eigenvalue weighted by molar-refractivity contribution is 5.31. The highest BCUT2D eigenvalue weighted by Crippen LogP contribution is 2.22. The normalized spacial score (nSPS) is 15.8. The van der Waals surface area contributed by atoms with Crippen molar-refractivity contribution in [3.63, 3.8) is 0 Å². The van der Waals surface area contributed by atoms with Crippen LogP contribution in [0.3, 0.4) is 0 Å². The molecule has 3 heteroatoms. The molecule has 0 heterocycles. The summed E-state index contributed by atoms with van der Waals surface area (Å²) in [6.07, 6.45) is 0.134. The zero-order chi connectivity index (χ0) is 14.3. The Labute approximate surface area is 116 Å². The summed E-state index contributed by atoms with van der Waals surface area (Å²) in [6.45, 7) is 9.37. The summed E-state index contributed by atoms with van der Waals surface area (Å²) in [7, 11) is 0. The van der Waals surface area contributed by atoms with Gasteiger partial charge >= 0.3 is 0 Å². The van der Waals surface area contributed by atoms with Crippen molar-refractivity contribution in [2.24, 2.45) is 5.92 Å². The van der Waals surface area contributed by atoms with Gasteiger partial charge in [-0.05, 0) is 24.9 Å². The van der Waals surface area contributed by atoms with E-state index in [4.69, 9.17) is 4.74 Å². The third-order valence-electron chi connectivity index (χ3n) is 3.44. The second kappa shape index (κ2) is 7.28. The number of benzene rings is 1. The van der Waals surface area contributed by atoms with Crippen LogP contribution in [0.15, 0.2) is 30.3 Å². The van der Waals surface area contributed by atoms with Gasteiger partial charge in [-0.3, -0.25) is 5.32 Å². The Bertz CT molecular complexity index is 411. The summed E-state index contributed by atoms with van der Waals surface area (Å²) in [5.41, 5.74) is 0.189. The number of likely N-dealkylation sites (N-methyl/N-ethyl adjacent to an activating group) is 1. The van der Waals surface area contributed by atoms with Gasteiger partial charge in [0.2, 0.25) is 0 Å². The van der Waals surface area contributed by atoms with Crippen molar-refractivity contribution in [2.45, 2.75) is 39.3 Å². The Balaban J connectivity index is 2.91. The standard InChI is InChI=1S/C16H24N2O/c1-5-18-16(11-17,12-19-14(4)13(2)3)15-9-7-6-8-10-15/h6-10,13-14,18H,5,12H2,1-4H3. The fraction of sp³-hybridized carbons (Fsp3) is 0.562. The van der Waals surface area contributed by atoms with E-state index in [2.05, 4.69) is 25.2 Å². The van der Waals surface area contributed by atoms with Gasteiger partial charge in [0.05, 0.1) is 18.8 Å². The molecular weight excluding hydrogens is 236 g/mol. The summed E-state index contributed by atoms with van der Waals surface area (Å²) in [4.78, 5) is 0. The van der Waals surface area contributed by atoms with Crippen LogP contribution in [0.1, 0.15) is 33.3 Å². The summed E-state index contributed by atoms with van der Waals surface area (Å²) in [5.74, 6) is 0.439. The van der Waals surface area contributed by atoms with Crippen LogP contribution < -0.4 is 5.32 Å². The molecule has 2 unspecified atom stereocenters. The van der Waals surface area contributed by atoms with Gasteiger partial charge in [0.15, 0.2) is 5.54 Å². The number of nitriles is 1. The van der Waals surface area contributed by atoms with Crippen LogP contribution in [-0.2, 0) is 10.3 Å². The molecule has 0 aliphatic rings. The van der Waals surface area contributed by atoms with Gasteiger partial charge in [0, 0.05) is 0 Å². The van der Waals surface area contributed by atoms with Crippen molar-refractivity contribution in [1.29, 1.82) is 5.26 Å². The van der Waals surface area contributed by atoms with Crippen LogP contribution in [0.4, 0.5) is 0 Å². The van der Waals surface area contributed by atoms with Crippen molar-refractivity contribution < 1.29 is 4.74 Å². The average molecular weight is 260 g/mol. The Hall–Kier alpha value is -1.37. The lowest BCUT2D eigenvalue weighted by molar-refractivity contribution is 0.00791. The second-order valence-corrected chi connectivity index (χ2v) is 5.17. The summed E-state index contributed by atoms with van der Waals surface area (Å²) in [6, 6.07) is 12.2. The van der Waals surface area contributed by atoms with Gasteiger partial charge < -0.3 is 4.74 Å². The van der Waals surface area contributed by atoms with E-state index in [0.717, 1.165) is 12.1 Å². The minimum Gasteiger partial charge on any atom is -0.375 e. The first-order valence-corrected chi connectivity index (χ1v) is 6.89. The maximum Gasteiger partial charge on any atom is 0.155 e. The van der Waals surface area contributed by atoms with Gasteiger partial charge in [-0.2, -0.15) is 5.26 Å². The molecule has 0 radical (unpaired) electrons. The lowest BCUT2D eigenvalue weighted by atomic mass is 9.92. The molecule has 1 rings (SSSR count). The molecule has 1 aromatic carbocycles. The van der Waals surface area contributed by atoms with Crippen LogP contribution >= 0.6 is 0 Å². The molecule has 0 fully saturated rings. The van der Waals surface area contributed by atoms with Crippen LogP contribution in [0.2, 0.25) is 0 Å². The molecule has 1 aromatic rings. The molecule has 0 spiro atoms. The van der Waals surface area contributed by atoms with Gasteiger partial charge in [0.25, 0.3) is 0 Å². The van der Waals surface area contributed by atoms with Crippen LogP contribution in [-0.4, -0.2) is 19.3 Å². The van der Waals surface area contributed by atoms with Crippen molar-refractivity contribution in [1.82, 2.24) is 5.32 Å². The number of nitrogens with zero attached hydrogens (tertiary/aromatic N) is 1. The van der Waals surface area contributed by atoms with E-state index in [0.29, 0.717) is 12.5 Å². The molecule has 0 aromatic heterocycles. The van der Waals surface area contributed by atoms with E-state index in [9.17, 15) is 5.26 Å². The third-order valence-corrected chi connectivity index (χ3v) is 3.44. The minimum atomic E-state index is -0.765. The van der Waals surface area contributed by atoms with Gasteiger partial charge in [-0.25, -0.2) is 0 Å². The number of ether oxygens (including phenoxy) is 1. The molecule has 0 aliphatic heterocycles. The fourth-order valence-electron chi connectivity index (χ4n) is 1.85. The second-order valence-electron chi connectivity index (χ2n) is 5.17. The van der Waals surface area contributed by atoms with E-state index < -0.39 is 5.54 Å². The molecule has 0 saturated heterocycles. The van der Waals surface area contributed by atoms with Crippen molar-refractivity contribution in [2.75, 3.05) is 13.2 Å². The van der Waals surface area contributed by atoms with Crippen LogP contribution in [0.25, 0.3) is 0 Å². The molecule has 0 bridgehead atoms. The predicted molar refractivity (Wildman–Crippen MR) is 77.7 cm³/mol. The smallest absolute Gasteiger partial charge is 0.155 e. The number of hydrogen-bond acceptors (Lipinski definition) is 3. The number of hydrogen-bond donors (Lipinski definition) is 1. The Morgan fingerprint density at radius 1 is 1.26 bits per heavy atom. The maximum absolute atomic E-state index is 9.62. The molecule has 0 aliphatic carbocycles. The van der Waals surface area contributed by atoms with Crippen LogP contribution in [0.5, 0.6) is 0 Å². The minimum absolute atomic E-state index is 0.134. The largest absolute Gasteiger partial charge is 0.375 e. The molecule has 104 valence electrons. The van der Waals surface area contributed by atoms with E-state index in [1.54, 1.807) is 0 Å². The quantitative estimate of drug-likeness (QED) is 0.819. The topological polar surface area (TPSA) is 45.0 Å². The van der Waals surface area contributed by atoms with Crippen molar-refractivity contribution >= 4 is 0 Å². The average Bonchev–Trinajstić information content (AvgIpc) is 2.44. The fourth-order valence-corrected chi connectivity index (χ4v) is 1.85. The third kappa shape index (κ3) is 4.05. The number of nitrogens with one attached hydrogen (secondary N) is 1. The molecule has 3 nitrogen and oxygen atoms in total. The summed E-state index contributed by atoms with van der Waals surface area (Å²) in [5, 5.41) is 12.9. The van der Waals surface area contributed by atoms with E-state index in [1.165, 1.54) is 0 Å². The Morgan fingerprint density at radius 2 is 1.89 bits per heavy atom. The molecule has 0 saturated carbocycles. The first-order valence-electron chi connectivity index (χ1n) is 6.89. The predicted octanol–water partition coefficient (Wildman–Crippen LogP) is 3.08. The van der Waals surface area contributed by atoms with E-state index >= 15 is 0 Å². The van der Waals surface area contributed by atoms with Gasteiger partial charge in [-0.1, -0.05) is 51.1 Å². The first kappa shape index (κ1) is 15.7. The maximum atomic E-state index is 9.62. The number of rotatable bonds is 7. The van der Waals surface area contributed by atoms with Crippen molar-refractivity contribution in [3.05, 3.63) is 35.9 Å². The molecule has 19 heavy (non-hydrogen) atoms. The lowest BCUT2D eigenvalue weighted by Gasteiger charge is -2.30. The van der Waals surface area contributed by atoms with Gasteiger partial charge in [-0.15, -0.1) is 0 Å². The zero-order valence-electron chi connectivity index (χ0n) is 12.3. The van der Waals surface area contributed by atoms with E-state index in [-0.39, 0.29) is 6.10 Å². The highest BCUT2D eigenvalue weighted by atomic mass is 16.5. The van der Waals surface area contributed by atoms with Crippen molar-refractivity contribution in [3.8, 4) is 6.07 Å². The first-order chi connectivity index (χ1) is 9.05. The molecular formula is C16H24N2O. The lowest BCUT2D eigenvalue weighted by Crippen LogP contribution is -2.46. The highest BCUT2D eigenvalue weighted by Gasteiger charge is 2.32. The molecule has 0 amide bonds. The SMILES string of the molecule is CCNC(C#N)(COC(C)C(C)C)c1ccccc1. The molecule has 2 atom stereocenters. The summed E-state index contributed by atoms with van der Waals surface area (Å²) >= 11 is 0. The monoisotopic (exact) mass is 260 g/mol. The summed E-state index contributed by atoms with van der Waals surface area (Å²) < 4.78 is 5.88. The van der Waals surface area contributed by atoms with Crippen LogP contribution in [0, 0.1) is 17.2 Å². The Kier molecular flexibility index (Phi) is 6.01. The molecule has 1 N–H and O–H groups in total.